The molecule has 2 aromatic rings. The van der Waals surface area contributed by atoms with Gasteiger partial charge in [-0.1, -0.05) is 15.9 Å². The van der Waals surface area contributed by atoms with Crippen molar-refractivity contribution in [2.45, 2.75) is 0 Å². The number of rotatable bonds is 4. The predicted molar refractivity (Wildman–Crippen MR) is 86.6 cm³/mol. The van der Waals surface area contributed by atoms with Gasteiger partial charge in [0.1, 0.15) is 11.6 Å². The molecule has 118 valence electrons. The van der Waals surface area contributed by atoms with Crippen molar-refractivity contribution in [1.82, 2.24) is 0 Å². The Bertz CT molecular complexity index is 754. The number of methoxy groups -OCH3 is 1. The van der Waals surface area contributed by atoms with Crippen molar-refractivity contribution in [1.29, 1.82) is 0 Å². The van der Waals surface area contributed by atoms with Crippen LogP contribution in [0.1, 0.15) is 15.9 Å². The Hall–Kier alpha value is -2.47. The topological polar surface area (TPSA) is 52.6 Å². The largest absolute Gasteiger partial charge is 0.465 e. The van der Waals surface area contributed by atoms with E-state index >= 15 is 0 Å². The summed E-state index contributed by atoms with van der Waals surface area (Å²) in [7, 11) is 1.28. The monoisotopic (exact) mass is 378 g/mol. The van der Waals surface area contributed by atoms with E-state index in [4.69, 9.17) is 4.74 Å². The molecule has 0 heterocycles. The summed E-state index contributed by atoms with van der Waals surface area (Å²) in [4.78, 5) is 23.0. The first-order valence-corrected chi connectivity index (χ1v) is 7.32. The molecule has 0 aliphatic rings. The van der Waals surface area contributed by atoms with Gasteiger partial charge in [-0.25, -0.2) is 14.0 Å². The zero-order valence-corrected chi connectivity index (χ0v) is 13.7. The fraction of sp³-hybridized carbons (Fsp3) is 0.0588. The molecule has 0 saturated carbocycles. The maximum absolute atomic E-state index is 13.5. The van der Waals surface area contributed by atoms with Crippen molar-refractivity contribution in [2.75, 3.05) is 7.11 Å². The normalized spacial score (nSPS) is 10.6. The average Bonchev–Trinajstić information content (AvgIpc) is 2.55. The van der Waals surface area contributed by atoms with Gasteiger partial charge >= 0.3 is 11.9 Å². The number of ether oxygens (including phenoxy) is 2. The first-order valence-electron chi connectivity index (χ1n) is 6.53. The molecule has 2 aromatic carbocycles. The molecular weight excluding hydrogens is 367 g/mol. The molecule has 0 N–H and O–H groups in total. The second-order valence-corrected chi connectivity index (χ2v) is 5.35. The third kappa shape index (κ3) is 4.75. The van der Waals surface area contributed by atoms with Gasteiger partial charge < -0.3 is 9.47 Å². The quantitative estimate of drug-likeness (QED) is 0.458. The van der Waals surface area contributed by atoms with Crippen molar-refractivity contribution in [3.63, 3.8) is 0 Å². The van der Waals surface area contributed by atoms with Crippen LogP contribution in [-0.2, 0) is 9.53 Å². The van der Waals surface area contributed by atoms with Gasteiger partial charge in [0, 0.05) is 16.1 Å². The molecule has 0 amide bonds. The van der Waals surface area contributed by atoms with Gasteiger partial charge in [-0.3, -0.25) is 0 Å². The Morgan fingerprint density at radius 2 is 1.83 bits per heavy atom. The SMILES string of the molecule is COC(=O)c1ccc(OC(=O)C=Cc2cc(Br)ccc2F)cc1. The number of hydrogen-bond acceptors (Lipinski definition) is 4. The van der Waals surface area contributed by atoms with E-state index in [9.17, 15) is 14.0 Å². The van der Waals surface area contributed by atoms with E-state index in [1.54, 1.807) is 12.1 Å². The smallest absolute Gasteiger partial charge is 0.337 e. The molecule has 0 spiro atoms. The van der Waals surface area contributed by atoms with E-state index < -0.39 is 17.8 Å². The lowest BCUT2D eigenvalue weighted by Gasteiger charge is -2.03. The van der Waals surface area contributed by atoms with E-state index in [0.29, 0.717) is 10.0 Å². The van der Waals surface area contributed by atoms with E-state index in [-0.39, 0.29) is 11.3 Å². The third-order valence-electron chi connectivity index (χ3n) is 2.85. The maximum atomic E-state index is 13.5. The minimum absolute atomic E-state index is 0.261. The van der Waals surface area contributed by atoms with Crippen LogP contribution in [0, 0.1) is 5.82 Å². The van der Waals surface area contributed by atoms with Crippen LogP contribution in [0.3, 0.4) is 0 Å². The highest BCUT2D eigenvalue weighted by Gasteiger charge is 2.06. The van der Waals surface area contributed by atoms with Crippen LogP contribution < -0.4 is 4.74 Å². The molecular formula is C17H12BrFO4. The molecule has 23 heavy (non-hydrogen) atoms. The van der Waals surface area contributed by atoms with Crippen molar-refractivity contribution < 1.29 is 23.5 Å². The third-order valence-corrected chi connectivity index (χ3v) is 3.34. The average molecular weight is 379 g/mol. The highest BCUT2D eigenvalue weighted by Crippen LogP contribution is 2.17. The van der Waals surface area contributed by atoms with Crippen molar-refractivity contribution in [3.05, 3.63) is 70.0 Å². The summed E-state index contributed by atoms with van der Waals surface area (Å²) < 4.78 is 23.9. The van der Waals surface area contributed by atoms with Gasteiger partial charge in [0.2, 0.25) is 0 Å². The first kappa shape index (κ1) is 16.9. The lowest BCUT2D eigenvalue weighted by molar-refractivity contribution is -0.128. The van der Waals surface area contributed by atoms with Crippen LogP contribution in [0.2, 0.25) is 0 Å². The summed E-state index contributed by atoms with van der Waals surface area (Å²) in [6, 6.07) is 10.3. The van der Waals surface area contributed by atoms with Crippen molar-refractivity contribution in [3.8, 4) is 5.75 Å². The fourth-order valence-corrected chi connectivity index (χ4v) is 2.11. The van der Waals surface area contributed by atoms with Crippen LogP contribution in [-0.4, -0.2) is 19.0 Å². The minimum atomic E-state index is -0.657. The van der Waals surface area contributed by atoms with Gasteiger partial charge in [0.05, 0.1) is 12.7 Å². The minimum Gasteiger partial charge on any atom is -0.465 e. The molecule has 0 bridgehead atoms. The molecule has 0 unspecified atom stereocenters. The van der Waals surface area contributed by atoms with E-state index in [1.807, 2.05) is 0 Å². The van der Waals surface area contributed by atoms with Crippen LogP contribution in [0.25, 0.3) is 6.08 Å². The standard InChI is InChI=1S/C17H12BrFO4/c1-22-17(21)11-2-6-14(7-3-11)23-16(20)9-4-12-10-13(18)5-8-15(12)19/h2-10H,1H3. The Morgan fingerprint density at radius 1 is 1.13 bits per heavy atom. The number of benzene rings is 2. The molecule has 0 aliphatic carbocycles. The van der Waals surface area contributed by atoms with E-state index in [2.05, 4.69) is 20.7 Å². The molecule has 0 atom stereocenters. The van der Waals surface area contributed by atoms with Crippen LogP contribution in [0.4, 0.5) is 4.39 Å². The Balaban J connectivity index is 2.03. The molecule has 0 aliphatic heterocycles. The Kier molecular flexibility index (Phi) is 5.65. The summed E-state index contributed by atoms with van der Waals surface area (Å²) in [6.07, 6.45) is 2.45. The van der Waals surface area contributed by atoms with Crippen LogP contribution in [0.5, 0.6) is 5.75 Å². The summed E-state index contributed by atoms with van der Waals surface area (Å²) in [5.41, 5.74) is 0.608. The summed E-state index contributed by atoms with van der Waals surface area (Å²) in [5.74, 6) is -1.32. The van der Waals surface area contributed by atoms with Crippen LogP contribution in [0.15, 0.2) is 53.0 Å². The maximum Gasteiger partial charge on any atom is 0.337 e. The second kappa shape index (κ2) is 7.69. The number of hydrogen-bond donors (Lipinski definition) is 0. The highest BCUT2D eigenvalue weighted by molar-refractivity contribution is 9.10. The first-order chi connectivity index (χ1) is 11.0. The van der Waals surface area contributed by atoms with Crippen molar-refractivity contribution >= 4 is 33.9 Å². The van der Waals surface area contributed by atoms with Gasteiger partial charge in [-0.2, -0.15) is 0 Å². The van der Waals surface area contributed by atoms with Crippen molar-refractivity contribution in [2.24, 2.45) is 0 Å². The molecule has 0 radical (unpaired) electrons. The molecule has 2 rings (SSSR count). The number of carbonyl (C=O) groups is 2. The Labute approximate surface area is 140 Å². The van der Waals surface area contributed by atoms with E-state index in [1.165, 1.54) is 43.5 Å². The summed E-state index contributed by atoms with van der Waals surface area (Å²) >= 11 is 3.23. The zero-order valence-electron chi connectivity index (χ0n) is 12.1. The van der Waals surface area contributed by atoms with Crippen LogP contribution >= 0.6 is 15.9 Å². The Morgan fingerprint density at radius 3 is 2.48 bits per heavy atom. The zero-order chi connectivity index (χ0) is 16.8. The lowest BCUT2D eigenvalue weighted by atomic mass is 10.2. The molecule has 0 saturated heterocycles. The molecule has 6 heteroatoms. The summed E-state index contributed by atoms with van der Waals surface area (Å²) in [6.45, 7) is 0. The van der Waals surface area contributed by atoms with Gasteiger partial charge in [0.15, 0.2) is 0 Å². The number of esters is 2. The van der Waals surface area contributed by atoms with Gasteiger partial charge in [-0.05, 0) is 48.5 Å². The predicted octanol–water partition coefficient (Wildman–Crippen LogP) is 3.99. The summed E-state index contributed by atoms with van der Waals surface area (Å²) in [5, 5.41) is 0. The molecule has 0 aromatic heterocycles. The number of carbonyl (C=O) groups excluding carboxylic acids is 2. The second-order valence-electron chi connectivity index (χ2n) is 4.44. The number of halogens is 2. The molecule has 0 fully saturated rings. The van der Waals surface area contributed by atoms with E-state index in [0.717, 1.165) is 6.08 Å². The van der Waals surface area contributed by atoms with Gasteiger partial charge in [0.25, 0.3) is 0 Å². The highest BCUT2D eigenvalue weighted by atomic mass is 79.9. The molecule has 4 nitrogen and oxygen atoms in total. The lowest BCUT2D eigenvalue weighted by Crippen LogP contribution is -2.05. The van der Waals surface area contributed by atoms with Gasteiger partial charge in [-0.15, -0.1) is 0 Å². The fourth-order valence-electron chi connectivity index (χ4n) is 1.73.